The fraction of sp³-hybridized carbons (Fsp3) is 0.111. The van der Waals surface area contributed by atoms with Gasteiger partial charge in [-0.05, 0) is 45.0 Å². The predicted octanol–water partition coefficient (Wildman–Crippen LogP) is 8.09. The van der Waals surface area contributed by atoms with Crippen LogP contribution in [-0.4, -0.2) is 29.3 Å². The molecule has 248 valence electrons. The van der Waals surface area contributed by atoms with Crippen LogP contribution in [0.3, 0.4) is 0 Å². The van der Waals surface area contributed by atoms with Gasteiger partial charge in [-0.2, -0.15) is 5.10 Å². The quantitative estimate of drug-likeness (QED) is 0.155. The highest BCUT2D eigenvalue weighted by atomic mass is 15.6. The molecule has 0 saturated heterocycles. The molecule has 0 amide bonds. The van der Waals surface area contributed by atoms with Crippen LogP contribution in [0.25, 0.3) is 33.9 Å². The highest BCUT2D eigenvalue weighted by Crippen LogP contribution is 2.35. The molecule has 6 aromatic carbocycles. The molecule has 6 heteroatoms. The van der Waals surface area contributed by atoms with Gasteiger partial charge in [-0.25, -0.2) is 9.99 Å². The van der Waals surface area contributed by atoms with Gasteiger partial charge in [0.2, 0.25) is 6.71 Å². The fourth-order valence-electron chi connectivity index (χ4n) is 7.63. The van der Waals surface area contributed by atoms with E-state index in [0.29, 0.717) is 6.67 Å². The summed E-state index contributed by atoms with van der Waals surface area (Å²) in [6.07, 6.45) is 1.91. The van der Waals surface area contributed by atoms with Crippen LogP contribution in [0.4, 0.5) is 11.4 Å². The zero-order valence-corrected chi connectivity index (χ0v) is 29.5. The predicted molar refractivity (Wildman–Crippen MR) is 216 cm³/mol. The van der Waals surface area contributed by atoms with Crippen LogP contribution in [0, 0.1) is 20.8 Å². The number of hydrogen-bond acceptors (Lipinski definition) is 4. The van der Waals surface area contributed by atoms with Crippen molar-refractivity contribution in [3.05, 3.63) is 168 Å². The lowest BCUT2D eigenvalue weighted by Gasteiger charge is -2.23. The summed E-state index contributed by atoms with van der Waals surface area (Å²) in [6, 6.07) is 54.0. The molecule has 0 fully saturated rings. The van der Waals surface area contributed by atoms with Gasteiger partial charge < -0.3 is 9.47 Å². The van der Waals surface area contributed by atoms with E-state index in [1.54, 1.807) is 0 Å². The highest BCUT2D eigenvalue weighted by molar-refractivity contribution is 6.96. The summed E-state index contributed by atoms with van der Waals surface area (Å²) in [5, 5.41) is 6.88. The van der Waals surface area contributed by atoms with Gasteiger partial charge in [0, 0.05) is 29.4 Å². The Morgan fingerprint density at radius 1 is 0.569 bits per heavy atom. The summed E-state index contributed by atoms with van der Waals surface area (Å²) in [7, 11) is 2.13. The highest BCUT2D eigenvalue weighted by Gasteiger charge is 2.28. The minimum Gasteiger partial charge on any atom is -0.327 e. The number of rotatable bonds is 8. The Morgan fingerprint density at radius 3 is 1.82 bits per heavy atom. The van der Waals surface area contributed by atoms with E-state index in [1.165, 1.54) is 33.1 Å². The number of anilines is 2. The molecule has 0 N–H and O–H groups in total. The lowest BCUT2D eigenvalue weighted by atomic mass is 9.35. The molecule has 0 atom stereocenters. The van der Waals surface area contributed by atoms with Crippen molar-refractivity contribution in [2.24, 2.45) is 12.1 Å². The largest absolute Gasteiger partial charge is 0.327 e. The van der Waals surface area contributed by atoms with E-state index in [-0.39, 0.29) is 6.71 Å². The van der Waals surface area contributed by atoms with Crippen LogP contribution < -0.4 is 26.3 Å². The second-order valence-electron chi connectivity index (χ2n) is 13.5. The summed E-state index contributed by atoms with van der Waals surface area (Å²) in [5.74, 6) is 0.937. The SMILES string of the molecule is Cc1cc(C)c(B(c2cccc(-c3nc(-c4ccccc4)c(-c4ccccc4)n3C)c2)c2cccc(N3CN(c4ccccc4)C=N3)c2)c(C)c1. The Labute approximate surface area is 301 Å². The zero-order chi connectivity index (χ0) is 34.9. The lowest BCUT2D eigenvalue weighted by Crippen LogP contribution is -2.54. The Hall–Kier alpha value is -6.14. The first-order valence-corrected chi connectivity index (χ1v) is 17.5. The molecular weight excluding hydrogens is 621 g/mol. The van der Waals surface area contributed by atoms with Crippen LogP contribution in [0.2, 0.25) is 0 Å². The molecule has 1 aliphatic heterocycles. The maximum Gasteiger partial charge on any atom is 0.242 e. The van der Waals surface area contributed by atoms with Crippen LogP contribution in [0.15, 0.2) is 157 Å². The molecule has 0 saturated carbocycles. The summed E-state index contributed by atoms with van der Waals surface area (Å²) in [6.45, 7) is 7.33. The molecule has 5 nitrogen and oxygen atoms in total. The van der Waals surface area contributed by atoms with Crippen molar-refractivity contribution < 1.29 is 0 Å². The standard InChI is InChI=1S/C45H40BN5/c1-32-26-33(2)42(34(3)27-32)46(39-22-15-25-41(29-39)51-31-50(30-47-51)40-23-12-7-13-24-40)38-21-14-20-37(28-38)45-48-43(35-16-8-5-9-17-35)44(49(45)4)36-18-10-6-11-19-36/h5-30H,31H2,1-4H3. The van der Waals surface area contributed by atoms with Crippen molar-refractivity contribution in [2.45, 2.75) is 20.8 Å². The fourth-order valence-corrected chi connectivity index (χ4v) is 7.63. The number of benzene rings is 6. The van der Waals surface area contributed by atoms with Crippen molar-refractivity contribution in [2.75, 3.05) is 16.6 Å². The van der Waals surface area contributed by atoms with Crippen LogP contribution >= 0.6 is 0 Å². The molecule has 7 aromatic rings. The Kier molecular flexibility index (Phi) is 8.58. The first kappa shape index (κ1) is 32.1. The van der Waals surface area contributed by atoms with Crippen molar-refractivity contribution in [3.8, 4) is 33.9 Å². The number of aryl methyl sites for hydroxylation is 3. The van der Waals surface area contributed by atoms with Crippen molar-refractivity contribution in [1.29, 1.82) is 0 Å². The first-order chi connectivity index (χ1) is 24.9. The van der Waals surface area contributed by atoms with E-state index in [1.807, 2.05) is 12.4 Å². The molecule has 2 heterocycles. The summed E-state index contributed by atoms with van der Waals surface area (Å²) < 4.78 is 2.25. The van der Waals surface area contributed by atoms with E-state index in [2.05, 4.69) is 188 Å². The average Bonchev–Trinajstić information content (AvgIpc) is 3.80. The van der Waals surface area contributed by atoms with E-state index in [0.717, 1.165) is 45.3 Å². The van der Waals surface area contributed by atoms with Gasteiger partial charge in [0.05, 0.1) is 17.1 Å². The van der Waals surface area contributed by atoms with Crippen molar-refractivity contribution in [1.82, 2.24) is 9.55 Å². The summed E-state index contributed by atoms with van der Waals surface area (Å²) >= 11 is 0. The first-order valence-electron chi connectivity index (χ1n) is 17.5. The monoisotopic (exact) mass is 661 g/mol. The third kappa shape index (κ3) is 6.26. The van der Waals surface area contributed by atoms with E-state index in [4.69, 9.17) is 10.1 Å². The average molecular weight is 662 g/mol. The summed E-state index contributed by atoms with van der Waals surface area (Å²) in [5.41, 5.74) is 15.2. The zero-order valence-electron chi connectivity index (χ0n) is 29.5. The molecule has 1 aliphatic rings. The number of hydrogen-bond donors (Lipinski definition) is 0. The minimum atomic E-state index is 0.00441. The lowest BCUT2D eigenvalue weighted by molar-refractivity contribution is 0.913. The molecule has 8 rings (SSSR count). The second-order valence-corrected chi connectivity index (χ2v) is 13.5. The molecule has 0 aliphatic carbocycles. The van der Waals surface area contributed by atoms with E-state index >= 15 is 0 Å². The van der Waals surface area contributed by atoms with Gasteiger partial charge in [0.25, 0.3) is 0 Å². The second kappa shape index (κ2) is 13.6. The van der Waals surface area contributed by atoms with Gasteiger partial charge in [-0.15, -0.1) is 0 Å². The van der Waals surface area contributed by atoms with Crippen molar-refractivity contribution in [3.63, 3.8) is 0 Å². The number of imidazole rings is 1. The van der Waals surface area contributed by atoms with Gasteiger partial charge in [0.15, 0.2) is 0 Å². The number of para-hydroxylation sites is 1. The molecular formula is C45H40BN5. The van der Waals surface area contributed by atoms with E-state index in [9.17, 15) is 0 Å². The third-order valence-corrected chi connectivity index (χ3v) is 9.90. The topological polar surface area (TPSA) is 36.7 Å². The maximum absolute atomic E-state index is 5.35. The van der Waals surface area contributed by atoms with E-state index < -0.39 is 0 Å². The molecule has 1 aromatic heterocycles. The smallest absolute Gasteiger partial charge is 0.242 e. The number of hydrazone groups is 1. The van der Waals surface area contributed by atoms with Crippen LogP contribution in [0.5, 0.6) is 0 Å². The molecule has 51 heavy (non-hydrogen) atoms. The number of aromatic nitrogens is 2. The van der Waals surface area contributed by atoms with Gasteiger partial charge in [-0.3, -0.25) is 0 Å². The van der Waals surface area contributed by atoms with Crippen LogP contribution in [0.1, 0.15) is 16.7 Å². The molecule has 0 unspecified atom stereocenters. The van der Waals surface area contributed by atoms with Gasteiger partial charge in [0.1, 0.15) is 18.8 Å². The molecule has 0 radical (unpaired) electrons. The Bertz CT molecular complexity index is 2330. The number of nitrogens with zero attached hydrogens (tertiary/aromatic N) is 5. The molecule has 0 spiro atoms. The summed E-state index contributed by atoms with van der Waals surface area (Å²) in [4.78, 5) is 7.52. The van der Waals surface area contributed by atoms with Crippen molar-refractivity contribution >= 4 is 40.8 Å². The molecule has 0 bridgehead atoms. The normalized spacial score (nSPS) is 12.5. The Balaban J connectivity index is 1.24. The Morgan fingerprint density at radius 2 is 1.14 bits per heavy atom. The van der Waals surface area contributed by atoms with Gasteiger partial charge in [-0.1, -0.05) is 160 Å². The van der Waals surface area contributed by atoms with Crippen LogP contribution in [-0.2, 0) is 7.05 Å². The maximum atomic E-state index is 5.35. The van der Waals surface area contributed by atoms with Gasteiger partial charge >= 0.3 is 0 Å². The third-order valence-electron chi connectivity index (χ3n) is 9.90. The minimum absolute atomic E-state index is 0.00441.